The summed E-state index contributed by atoms with van der Waals surface area (Å²) < 4.78 is 0. The molecule has 2 aromatic carbocycles. The van der Waals surface area contributed by atoms with Crippen LogP contribution in [0.15, 0.2) is 77.0 Å². The van der Waals surface area contributed by atoms with Gasteiger partial charge < -0.3 is 10.6 Å². The fourth-order valence-electron chi connectivity index (χ4n) is 3.56. The number of hydrogen-bond acceptors (Lipinski definition) is 5. The summed E-state index contributed by atoms with van der Waals surface area (Å²) in [5, 5.41) is 6.80. The molecule has 7 heteroatoms. The standard InChI is InChI=1S/C23H25N5OS/c1-17-14-20(30-23-24-11-5-12-25-23)8-9-21(17)27-22(29)26-19-10-13-28(16-19)15-18-6-3-2-4-7-18/h2-9,11-12,14,19H,10,13,15-16H2,1H3,(H2,26,27,29). The monoisotopic (exact) mass is 419 g/mol. The molecule has 1 aromatic heterocycles. The van der Waals surface area contributed by atoms with Crippen LogP contribution in [0.2, 0.25) is 0 Å². The molecule has 0 spiro atoms. The van der Waals surface area contributed by atoms with E-state index in [2.05, 4.69) is 49.8 Å². The molecule has 1 aliphatic rings. The zero-order chi connectivity index (χ0) is 20.8. The van der Waals surface area contributed by atoms with E-state index in [1.54, 1.807) is 18.5 Å². The molecular weight excluding hydrogens is 394 g/mol. The van der Waals surface area contributed by atoms with Crippen molar-refractivity contribution in [2.75, 3.05) is 18.4 Å². The number of likely N-dealkylation sites (tertiary alicyclic amines) is 1. The highest BCUT2D eigenvalue weighted by molar-refractivity contribution is 7.99. The third kappa shape index (κ3) is 5.58. The van der Waals surface area contributed by atoms with E-state index in [4.69, 9.17) is 0 Å². The summed E-state index contributed by atoms with van der Waals surface area (Å²) in [7, 11) is 0. The van der Waals surface area contributed by atoms with Gasteiger partial charge in [-0.15, -0.1) is 0 Å². The molecule has 2 heterocycles. The molecule has 2 amide bonds. The second kappa shape index (κ2) is 9.73. The van der Waals surface area contributed by atoms with E-state index in [-0.39, 0.29) is 12.1 Å². The van der Waals surface area contributed by atoms with Gasteiger partial charge >= 0.3 is 6.03 Å². The Morgan fingerprint density at radius 3 is 2.70 bits per heavy atom. The Morgan fingerprint density at radius 2 is 1.93 bits per heavy atom. The number of nitrogens with zero attached hydrogens (tertiary/aromatic N) is 3. The highest BCUT2D eigenvalue weighted by atomic mass is 32.2. The van der Waals surface area contributed by atoms with Crippen LogP contribution in [0.25, 0.3) is 0 Å². The van der Waals surface area contributed by atoms with Crippen molar-refractivity contribution >= 4 is 23.5 Å². The van der Waals surface area contributed by atoms with Crippen molar-refractivity contribution in [3.8, 4) is 0 Å². The molecule has 1 saturated heterocycles. The van der Waals surface area contributed by atoms with Crippen LogP contribution in [0.4, 0.5) is 10.5 Å². The van der Waals surface area contributed by atoms with Gasteiger partial charge in [0.15, 0.2) is 5.16 Å². The number of nitrogens with one attached hydrogen (secondary N) is 2. The van der Waals surface area contributed by atoms with E-state index < -0.39 is 0 Å². The Labute approximate surface area is 181 Å². The van der Waals surface area contributed by atoms with E-state index >= 15 is 0 Å². The van der Waals surface area contributed by atoms with Gasteiger partial charge in [0, 0.05) is 48.7 Å². The summed E-state index contributed by atoms with van der Waals surface area (Å²) in [5.41, 5.74) is 3.12. The minimum absolute atomic E-state index is 0.156. The van der Waals surface area contributed by atoms with Crippen LogP contribution in [0, 0.1) is 6.92 Å². The number of hydrogen-bond donors (Lipinski definition) is 2. The smallest absolute Gasteiger partial charge is 0.319 e. The SMILES string of the molecule is Cc1cc(Sc2ncccn2)ccc1NC(=O)NC1CCN(Cc2ccccc2)C1. The van der Waals surface area contributed by atoms with Crippen molar-refractivity contribution in [2.45, 2.75) is 36.0 Å². The Kier molecular flexibility index (Phi) is 6.61. The quantitative estimate of drug-likeness (QED) is 0.582. The molecular formula is C23H25N5OS. The predicted molar refractivity (Wildman–Crippen MR) is 120 cm³/mol. The van der Waals surface area contributed by atoms with E-state index in [1.807, 2.05) is 31.2 Å². The molecule has 0 radical (unpaired) electrons. The van der Waals surface area contributed by atoms with E-state index in [1.165, 1.54) is 17.3 Å². The van der Waals surface area contributed by atoms with Crippen LogP contribution in [-0.4, -0.2) is 40.0 Å². The first-order chi connectivity index (χ1) is 14.7. The van der Waals surface area contributed by atoms with Crippen LogP contribution in [-0.2, 0) is 6.54 Å². The Balaban J connectivity index is 1.28. The summed E-state index contributed by atoms with van der Waals surface area (Å²) in [6, 6.07) is 18.2. The van der Waals surface area contributed by atoms with Gasteiger partial charge in [0.2, 0.25) is 0 Å². The van der Waals surface area contributed by atoms with Crippen molar-refractivity contribution in [1.82, 2.24) is 20.2 Å². The number of carbonyl (C=O) groups excluding carboxylic acids is 1. The molecule has 0 bridgehead atoms. The fraction of sp³-hybridized carbons (Fsp3) is 0.261. The summed E-state index contributed by atoms with van der Waals surface area (Å²) in [6.45, 7) is 4.77. The number of aromatic nitrogens is 2. The Hall–Kier alpha value is -2.90. The van der Waals surface area contributed by atoms with Crippen LogP contribution < -0.4 is 10.6 Å². The number of benzene rings is 2. The number of urea groups is 1. The molecule has 2 N–H and O–H groups in total. The number of carbonyl (C=O) groups is 1. The van der Waals surface area contributed by atoms with E-state index in [9.17, 15) is 4.79 Å². The second-order valence-electron chi connectivity index (χ2n) is 7.41. The third-order valence-electron chi connectivity index (χ3n) is 5.05. The Bertz CT molecular complexity index is 983. The largest absolute Gasteiger partial charge is 0.334 e. The lowest BCUT2D eigenvalue weighted by atomic mass is 10.2. The molecule has 4 rings (SSSR count). The van der Waals surface area contributed by atoms with Crippen LogP contribution in [0.5, 0.6) is 0 Å². The number of anilines is 1. The molecule has 6 nitrogen and oxygen atoms in total. The van der Waals surface area contributed by atoms with Crippen molar-refractivity contribution < 1.29 is 4.79 Å². The summed E-state index contributed by atoms with van der Waals surface area (Å²) in [4.78, 5) is 24.4. The first-order valence-corrected chi connectivity index (χ1v) is 10.9. The molecule has 30 heavy (non-hydrogen) atoms. The molecule has 154 valence electrons. The predicted octanol–water partition coefficient (Wildman–Crippen LogP) is 4.33. The summed E-state index contributed by atoms with van der Waals surface area (Å²) >= 11 is 1.50. The van der Waals surface area contributed by atoms with Crippen molar-refractivity contribution in [3.63, 3.8) is 0 Å². The minimum Gasteiger partial charge on any atom is -0.334 e. The average Bonchev–Trinajstić information content (AvgIpc) is 3.18. The van der Waals surface area contributed by atoms with Crippen LogP contribution >= 0.6 is 11.8 Å². The number of aryl methyl sites for hydroxylation is 1. The second-order valence-corrected chi connectivity index (χ2v) is 8.46. The third-order valence-corrected chi connectivity index (χ3v) is 5.94. The highest BCUT2D eigenvalue weighted by Crippen LogP contribution is 2.28. The van der Waals surface area contributed by atoms with Gasteiger partial charge in [-0.2, -0.15) is 0 Å². The maximum absolute atomic E-state index is 12.5. The first kappa shape index (κ1) is 20.4. The molecule has 1 atom stereocenters. The van der Waals surface area contributed by atoms with Gasteiger partial charge in [-0.05, 0) is 60.5 Å². The molecule has 0 saturated carbocycles. The molecule has 1 unspecified atom stereocenters. The number of amides is 2. The summed E-state index contributed by atoms with van der Waals surface area (Å²) in [5.74, 6) is 0. The minimum atomic E-state index is -0.156. The van der Waals surface area contributed by atoms with Gasteiger partial charge in [-0.1, -0.05) is 30.3 Å². The van der Waals surface area contributed by atoms with Crippen LogP contribution in [0.1, 0.15) is 17.5 Å². The average molecular weight is 420 g/mol. The van der Waals surface area contributed by atoms with E-state index in [0.29, 0.717) is 5.16 Å². The molecule has 1 fully saturated rings. The fourth-order valence-corrected chi connectivity index (χ4v) is 4.37. The molecule has 3 aromatic rings. The molecule has 1 aliphatic heterocycles. The maximum atomic E-state index is 12.5. The van der Waals surface area contributed by atoms with Crippen molar-refractivity contribution in [2.24, 2.45) is 0 Å². The zero-order valence-electron chi connectivity index (χ0n) is 16.9. The molecule has 0 aliphatic carbocycles. The normalized spacial score (nSPS) is 16.4. The highest BCUT2D eigenvalue weighted by Gasteiger charge is 2.24. The zero-order valence-corrected chi connectivity index (χ0v) is 17.7. The van der Waals surface area contributed by atoms with E-state index in [0.717, 1.165) is 42.2 Å². The van der Waals surface area contributed by atoms with Crippen molar-refractivity contribution in [3.05, 3.63) is 78.1 Å². The van der Waals surface area contributed by atoms with Gasteiger partial charge in [-0.25, -0.2) is 14.8 Å². The van der Waals surface area contributed by atoms with Gasteiger partial charge in [0.25, 0.3) is 0 Å². The maximum Gasteiger partial charge on any atom is 0.319 e. The van der Waals surface area contributed by atoms with Gasteiger partial charge in [-0.3, -0.25) is 4.90 Å². The Morgan fingerprint density at radius 1 is 1.13 bits per heavy atom. The van der Waals surface area contributed by atoms with Crippen molar-refractivity contribution in [1.29, 1.82) is 0 Å². The summed E-state index contributed by atoms with van der Waals surface area (Å²) in [6.07, 6.45) is 4.42. The van der Waals surface area contributed by atoms with Gasteiger partial charge in [0.1, 0.15) is 0 Å². The first-order valence-electron chi connectivity index (χ1n) is 10.0. The lowest BCUT2D eigenvalue weighted by molar-refractivity contribution is 0.247. The lowest BCUT2D eigenvalue weighted by Gasteiger charge is -2.17. The number of rotatable bonds is 6. The lowest BCUT2D eigenvalue weighted by Crippen LogP contribution is -2.39. The van der Waals surface area contributed by atoms with Gasteiger partial charge in [0.05, 0.1) is 0 Å². The van der Waals surface area contributed by atoms with Crippen LogP contribution in [0.3, 0.4) is 0 Å². The topological polar surface area (TPSA) is 70.1 Å².